The van der Waals surface area contributed by atoms with E-state index in [1.807, 2.05) is 0 Å². The zero-order valence-electron chi connectivity index (χ0n) is 19.9. The average Bonchev–Trinajstić information content (AvgIpc) is 2.80. The molecule has 5 N–H and O–H groups in total. The molecule has 10 nitrogen and oxygen atoms in total. The topological polar surface area (TPSA) is 163 Å². The van der Waals surface area contributed by atoms with Crippen LogP contribution in [0.25, 0.3) is 0 Å². The van der Waals surface area contributed by atoms with Crippen LogP contribution in [0.4, 0.5) is 0 Å². The standard InChI is InChI=1S/C24H38O10/c1-23(2,30)15-5-3-14(4-6-15)21(29)33-13-17-18(26)19(27)20(28)22(34-17)32-12-11-24(31)9-7-16(25)8-10-24/h3,15,17-20,22,26-28,30-31H,4-13H2,1-2H3/t15-,17+,18+,19-,20+,22+/m0/s1. The summed E-state index contributed by atoms with van der Waals surface area (Å²) in [6, 6.07) is 0. The summed E-state index contributed by atoms with van der Waals surface area (Å²) >= 11 is 0. The van der Waals surface area contributed by atoms with E-state index < -0.39 is 47.9 Å². The molecule has 0 spiro atoms. The molecule has 0 bridgehead atoms. The van der Waals surface area contributed by atoms with Crippen molar-refractivity contribution in [3.63, 3.8) is 0 Å². The van der Waals surface area contributed by atoms with Crippen molar-refractivity contribution in [1.82, 2.24) is 0 Å². The number of ketones is 1. The van der Waals surface area contributed by atoms with Gasteiger partial charge in [-0.3, -0.25) is 4.79 Å². The maximum absolute atomic E-state index is 12.5. The first-order valence-electron chi connectivity index (χ1n) is 12.0. The van der Waals surface area contributed by atoms with Crippen LogP contribution in [0, 0.1) is 5.92 Å². The minimum atomic E-state index is -1.57. The Morgan fingerprint density at radius 1 is 1.15 bits per heavy atom. The highest BCUT2D eigenvalue weighted by atomic mass is 16.7. The van der Waals surface area contributed by atoms with Crippen molar-refractivity contribution in [1.29, 1.82) is 0 Å². The van der Waals surface area contributed by atoms with Gasteiger partial charge in [-0.15, -0.1) is 0 Å². The highest BCUT2D eigenvalue weighted by Crippen LogP contribution is 2.33. The molecule has 0 amide bonds. The second-order valence-corrected chi connectivity index (χ2v) is 10.4. The largest absolute Gasteiger partial charge is 0.459 e. The molecular weight excluding hydrogens is 448 g/mol. The maximum Gasteiger partial charge on any atom is 0.333 e. The van der Waals surface area contributed by atoms with Crippen LogP contribution in [-0.2, 0) is 23.8 Å². The highest BCUT2D eigenvalue weighted by Gasteiger charge is 2.45. The molecule has 10 heteroatoms. The molecule has 194 valence electrons. The molecule has 34 heavy (non-hydrogen) atoms. The number of aliphatic hydroxyl groups is 5. The lowest BCUT2D eigenvalue weighted by Gasteiger charge is -2.40. The molecule has 0 unspecified atom stereocenters. The second-order valence-electron chi connectivity index (χ2n) is 10.4. The van der Waals surface area contributed by atoms with Crippen LogP contribution in [0.1, 0.15) is 65.2 Å². The van der Waals surface area contributed by atoms with E-state index in [0.717, 1.165) is 0 Å². The minimum absolute atomic E-state index is 0.0109. The van der Waals surface area contributed by atoms with E-state index >= 15 is 0 Å². The monoisotopic (exact) mass is 486 g/mol. The van der Waals surface area contributed by atoms with E-state index in [0.29, 0.717) is 50.5 Å². The van der Waals surface area contributed by atoms with Gasteiger partial charge in [-0.1, -0.05) is 6.08 Å². The number of esters is 1. The number of hydrogen-bond donors (Lipinski definition) is 5. The molecule has 1 aliphatic heterocycles. The Hall–Kier alpha value is -1.40. The fraction of sp³-hybridized carbons (Fsp3) is 0.833. The first-order chi connectivity index (χ1) is 15.9. The van der Waals surface area contributed by atoms with Gasteiger partial charge in [-0.05, 0) is 58.3 Å². The van der Waals surface area contributed by atoms with Crippen LogP contribution in [0.3, 0.4) is 0 Å². The molecular formula is C24H38O10. The lowest BCUT2D eigenvalue weighted by atomic mass is 9.79. The van der Waals surface area contributed by atoms with Gasteiger partial charge >= 0.3 is 5.97 Å². The Morgan fingerprint density at radius 3 is 2.41 bits per heavy atom. The SMILES string of the molecule is CC(C)(O)[C@H]1CC=C(C(=O)OC[C@H]2O[C@@H](OCCC3(O)CCC(=O)CC3)[C@H](O)[C@@H](O)[C@@H]2O)CC1. The fourth-order valence-electron chi connectivity index (χ4n) is 4.71. The van der Waals surface area contributed by atoms with Gasteiger partial charge in [0, 0.05) is 18.4 Å². The van der Waals surface area contributed by atoms with Gasteiger partial charge in [-0.25, -0.2) is 4.79 Å². The van der Waals surface area contributed by atoms with Gasteiger partial charge < -0.3 is 39.7 Å². The van der Waals surface area contributed by atoms with E-state index in [1.54, 1.807) is 19.9 Å². The van der Waals surface area contributed by atoms with Crippen LogP contribution in [0.2, 0.25) is 0 Å². The molecule has 3 rings (SSSR count). The van der Waals surface area contributed by atoms with Gasteiger partial charge in [0.1, 0.15) is 36.8 Å². The van der Waals surface area contributed by atoms with Gasteiger partial charge in [0.2, 0.25) is 0 Å². The van der Waals surface area contributed by atoms with Crippen molar-refractivity contribution < 1.29 is 49.3 Å². The van der Waals surface area contributed by atoms with E-state index in [2.05, 4.69) is 0 Å². The maximum atomic E-state index is 12.5. The Kier molecular flexibility index (Phi) is 8.89. The fourth-order valence-corrected chi connectivity index (χ4v) is 4.71. The minimum Gasteiger partial charge on any atom is -0.459 e. The first-order valence-corrected chi connectivity index (χ1v) is 12.0. The van der Waals surface area contributed by atoms with Crippen LogP contribution in [0.15, 0.2) is 11.6 Å². The van der Waals surface area contributed by atoms with Gasteiger partial charge in [0.15, 0.2) is 6.29 Å². The molecule has 0 aromatic rings. The highest BCUT2D eigenvalue weighted by molar-refractivity contribution is 5.88. The summed E-state index contributed by atoms with van der Waals surface area (Å²) in [5.41, 5.74) is -1.38. The van der Waals surface area contributed by atoms with Crippen LogP contribution in [-0.4, -0.2) is 92.4 Å². The van der Waals surface area contributed by atoms with Crippen molar-refractivity contribution >= 4 is 11.8 Å². The predicted octanol–water partition coefficient (Wildman–Crippen LogP) is 0.116. The number of allylic oxidation sites excluding steroid dienone is 1. The predicted molar refractivity (Wildman–Crippen MR) is 118 cm³/mol. The van der Waals surface area contributed by atoms with E-state index in [-0.39, 0.29) is 31.3 Å². The normalized spacial score (nSPS) is 34.4. The summed E-state index contributed by atoms with van der Waals surface area (Å²) in [6.07, 6.45) is -2.03. The van der Waals surface area contributed by atoms with Crippen molar-refractivity contribution in [3.8, 4) is 0 Å². The quantitative estimate of drug-likeness (QED) is 0.298. The van der Waals surface area contributed by atoms with Gasteiger partial charge in [-0.2, -0.15) is 0 Å². The zero-order chi connectivity index (χ0) is 25.1. The number of carbonyl (C=O) groups is 2. The van der Waals surface area contributed by atoms with E-state index in [4.69, 9.17) is 14.2 Å². The van der Waals surface area contributed by atoms with E-state index in [9.17, 15) is 35.1 Å². The molecule has 1 saturated carbocycles. The third-order valence-electron chi connectivity index (χ3n) is 7.31. The zero-order valence-corrected chi connectivity index (χ0v) is 19.9. The van der Waals surface area contributed by atoms with Crippen LogP contribution >= 0.6 is 0 Å². The number of ether oxygens (including phenoxy) is 3. The Labute approximate surface area is 199 Å². The average molecular weight is 487 g/mol. The first kappa shape index (κ1) is 27.2. The van der Waals surface area contributed by atoms with Gasteiger partial charge in [0.25, 0.3) is 0 Å². The molecule has 1 saturated heterocycles. The summed E-state index contributed by atoms with van der Waals surface area (Å²) in [4.78, 5) is 23.8. The van der Waals surface area contributed by atoms with Crippen LogP contribution < -0.4 is 0 Å². The summed E-state index contributed by atoms with van der Waals surface area (Å²) in [6.45, 7) is 3.15. The Balaban J connectivity index is 1.49. The van der Waals surface area contributed by atoms with Crippen molar-refractivity contribution in [2.24, 2.45) is 5.92 Å². The number of aliphatic hydroxyl groups excluding tert-OH is 3. The number of rotatable bonds is 8. The Morgan fingerprint density at radius 2 is 1.82 bits per heavy atom. The molecule has 0 aromatic heterocycles. The molecule has 2 aliphatic carbocycles. The molecule has 0 aromatic carbocycles. The molecule has 2 fully saturated rings. The summed E-state index contributed by atoms with van der Waals surface area (Å²) in [7, 11) is 0. The molecule has 3 aliphatic rings. The molecule has 0 radical (unpaired) electrons. The van der Waals surface area contributed by atoms with Crippen molar-refractivity contribution in [2.75, 3.05) is 13.2 Å². The third kappa shape index (κ3) is 6.84. The van der Waals surface area contributed by atoms with Crippen LogP contribution in [0.5, 0.6) is 0 Å². The van der Waals surface area contributed by atoms with Crippen molar-refractivity contribution in [2.45, 2.75) is 107 Å². The number of carbonyl (C=O) groups excluding carboxylic acids is 2. The number of hydrogen-bond acceptors (Lipinski definition) is 10. The van der Waals surface area contributed by atoms with Crippen molar-refractivity contribution in [3.05, 3.63) is 11.6 Å². The molecule has 1 heterocycles. The summed E-state index contributed by atoms with van der Waals surface area (Å²) in [5.74, 6) is -0.390. The second kappa shape index (κ2) is 11.1. The summed E-state index contributed by atoms with van der Waals surface area (Å²) < 4.78 is 16.4. The van der Waals surface area contributed by atoms with E-state index in [1.165, 1.54) is 0 Å². The smallest absolute Gasteiger partial charge is 0.333 e. The lowest BCUT2D eigenvalue weighted by molar-refractivity contribution is -0.303. The van der Waals surface area contributed by atoms with Gasteiger partial charge in [0.05, 0.1) is 17.8 Å². The molecule has 6 atom stereocenters. The Bertz CT molecular complexity index is 747. The summed E-state index contributed by atoms with van der Waals surface area (Å²) in [5, 5.41) is 51.4. The lowest BCUT2D eigenvalue weighted by Crippen LogP contribution is -2.59. The number of Topliss-reactive ketones (excluding diaryl/α,β-unsaturated/α-hetero) is 1. The third-order valence-corrected chi connectivity index (χ3v) is 7.31.